The van der Waals surface area contributed by atoms with Crippen LogP contribution in [-0.2, 0) is 13.2 Å². The summed E-state index contributed by atoms with van der Waals surface area (Å²) in [5, 5.41) is 13.4. The molecule has 0 saturated carbocycles. The molecule has 3 rings (SSSR count). The standard InChI is InChI=1S/C22H22FNO2/c23-21-12-5-4-10-19(21)16-26-20-11-6-7-17(13-20)14-24-15-22(25)18-8-2-1-3-9-18/h1-13,22,24-25H,14-16H2. The van der Waals surface area contributed by atoms with E-state index in [0.29, 0.717) is 24.4 Å². The highest BCUT2D eigenvalue weighted by Crippen LogP contribution is 2.17. The van der Waals surface area contributed by atoms with Crippen LogP contribution >= 0.6 is 0 Å². The Morgan fingerprint density at radius 2 is 1.69 bits per heavy atom. The number of nitrogens with one attached hydrogen (secondary N) is 1. The van der Waals surface area contributed by atoms with Gasteiger partial charge >= 0.3 is 0 Å². The second-order valence-electron chi connectivity index (χ2n) is 6.08. The highest BCUT2D eigenvalue weighted by Gasteiger charge is 2.06. The van der Waals surface area contributed by atoms with E-state index in [2.05, 4.69) is 5.32 Å². The fourth-order valence-electron chi connectivity index (χ4n) is 2.67. The van der Waals surface area contributed by atoms with Gasteiger partial charge in [0, 0.05) is 18.7 Å². The van der Waals surface area contributed by atoms with Crippen LogP contribution in [0.3, 0.4) is 0 Å². The van der Waals surface area contributed by atoms with Crippen molar-refractivity contribution >= 4 is 0 Å². The predicted octanol–water partition coefficient (Wildman–Crippen LogP) is 4.23. The Labute approximate surface area is 153 Å². The molecule has 1 atom stereocenters. The van der Waals surface area contributed by atoms with E-state index in [-0.39, 0.29) is 12.4 Å². The molecular weight excluding hydrogens is 329 g/mol. The van der Waals surface area contributed by atoms with Gasteiger partial charge in [-0.2, -0.15) is 0 Å². The van der Waals surface area contributed by atoms with Crippen molar-refractivity contribution in [1.82, 2.24) is 5.32 Å². The maximum Gasteiger partial charge on any atom is 0.129 e. The van der Waals surface area contributed by atoms with E-state index in [0.717, 1.165) is 11.1 Å². The lowest BCUT2D eigenvalue weighted by Crippen LogP contribution is -2.21. The van der Waals surface area contributed by atoms with Crippen LogP contribution in [0.5, 0.6) is 5.75 Å². The van der Waals surface area contributed by atoms with E-state index in [1.807, 2.05) is 54.6 Å². The average Bonchev–Trinajstić information content (AvgIpc) is 2.68. The number of aliphatic hydroxyl groups excluding tert-OH is 1. The zero-order valence-corrected chi connectivity index (χ0v) is 14.4. The molecule has 0 aliphatic rings. The molecule has 134 valence electrons. The number of benzene rings is 3. The number of ether oxygens (including phenoxy) is 1. The Balaban J connectivity index is 1.50. The number of rotatable bonds is 8. The zero-order valence-electron chi connectivity index (χ0n) is 14.4. The van der Waals surface area contributed by atoms with Gasteiger partial charge in [0.25, 0.3) is 0 Å². The minimum absolute atomic E-state index is 0.191. The summed E-state index contributed by atoms with van der Waals surface area (Å²) in [7, 11) is 0. The summed E-state index contributed by atoms with van der Waals surface area (Å²) in [5.41, 5.74) is 2.46. The first-order valence-corrected chi connectivity index (χ1v) is 8.61. The Bertz CT molecular complexity index is 823. The van der Waals surface area contributed by atoms with E-state index in [4.69, 9.17) is 4.74 Å². The quantitative estimate of drug-likeness (QED) is 0.638. The summed E-state index contributed by atoms with van der Waals surface area (Å²) in [5.74, 6) is 0.427. The van der Waals surface area contributed by atoms with Gasteiger partial charge in [-0.15, -0.1) is 0 Å². The van der Waals surface area contributed by atoms with Crippen LogP contribution in [0.25, 0.3) is 0 Å². The number of hydrogen-bond donors (Lipinski definition) is 2. The molecule has 0 amide bonds. The molecule has 0 fully saturated rings. The number of halogens is 1. The summed E-state index contributed by atoms with van der Waals surface area (Å²) >= 11 is 0. The van der Waals surface area contributed by atoms with E-state index in [9.17, 15) is 9.50 Å². The third-order valence-electron chi connectivity index (χ3n) is 4.10. The maximum atomic E-state index is 13.6. The lowest BCUT2D eigenvalue weighted by molar-refractivity contribution is 0.174. The normalized spacial score (nSPS) is 11.9. The molecule has 0 aromatic heterocycles. The Kier molecular flexibility index (Phi) is 6.36. The molecule has 0 aliphatic heterocycles. The monoisotopic (exact) mass is 351 g/mol. The van der Waals surface area contributed by atoms with Crippen molar-refractivity contribution in [3.63, 3.8) is 0 Å². The molecule has 0 aliphatic carbocycles. The minimum atomic E-state index is -0.545. The third-order valence-corrected chi connectivity index (χ3v) is 4.10. The second-order valence-corrected chi connectivity index (χ2v) is 6.08. The van der Waals surface area contributed by atoms with Crippen LogP contribution in [0, 0.1) is 5.82 Å². The number of hydrogen-bond acceptors (Lipinski definition) is 3. The molecular formula is C22H22FNO2. The molecule has 3 aromatic carbocycles. The zero-order chi connectivity index (χ0) is 18.2. The second kappa shape index (κ2) is 9.13. The number of aliphatic hydroxyl groups is 1. The van der Waals surface area contributed by atoms with Crippen LogP contribution in [0.4, 0.5) is 4.39 Å². The Morgan fingerprint density at radius 1 is 0.923 bits per heavy atom. The fourth-order valence-corrected chi connectivity index (χ4v) is 2.67. The molecule has 26 heavy (non-hydrogen) atoms. The van der Waals surface area contributed by atoms with Crippen LogP contribution in [-0.4, -0.2) is 11.7 Å². The molecule has 3 aromatic rings. The van der Waals surface area contributed by atoms with Gasteiger partial charge in [-0.25, -0.2) is 4.39 Å². The molecule has 1 unspecified atom stereocenters. The maximum absolute atomic E-state index is 13.6. The highest BCUT2D eigenvalue weighted by molar-refractivity contribution is 5.29. The molecule has 0 heterocycles. The summed E-state index contributed by atoms with van der Waals surface area (Å²) < 4.78 is 19.3. The Hall–Kier alpha value is -2.69. The largest absolute Gasteiger partial charge is 0.489 e. The average molecular weight is 351 g/mol. The van der Waals surface area contributed by atoms with Gasteiger partial charge in [-0.05, 0) is 29.3 Å². The van der Waals surface area contributed by atoms with Crippen molar-refractivity contribution in [2.24, 2.45) is 0 Å². The first-order chi connectivity index (χ1) is 12.7. The van der Waals surface area contributed by atoms with Gasteiger partial charge < -0.3 is 15.2 Å². The van der Waals surface area contributed by atoms with Crippen molar-refractivity contribution < 1.29 is 14.2 Å². The van der Waals surface area contributed by atoms with Crippen LogP contribution in [0.2, 0.25) is 0 Å². The van der Waals surface area contributed by atoms with E-state index in [1.54, 1.807) is 18.2 Å². The molecule has 4 heteroatoms. The third kappa shape index (κ3) is 5.15. The molecule has 0 bridgehead atoms. The van der Waals surface area contributed by atoms with Gasteiger partial charge in [0.1, 0.15) is 18.2 Å². The molecule has 3 nitrogen and oxygen atoms in total. The van der Waals surface area contributed by atoms with Gasteiger partial charge in [-0.1, -0.05) is 60.7 Å². The van der Waals surface area contributed by atoms with Gasteiger partial charge in [-0.3, -0.25) is 0 Å². The Morgan fingerprint density at radius 3 is 2.50 bits per heavy atom. The summed E-state index contributed by atoms with van der Waals surface area (Å²) in [6.07, 6.45) is -0.545. The van der Waals surface area contributed by atoms with E-state index >= 15 is 0 Å². The van der Waals surface area contributed by atoms with E-state index in [1.165, 1.54) is 6.07 Å². The van der Waals surface area contributed by atoms with Gasteiger partial charge in [0.15, 0.2) is 0 Å². The van der Waals surface area contributed by atoms with Gasteiger partial charge in [0.05, 0.1) is 6.10 Å². The van der Waals surface area contributed by atoms with Crippen molar-refractivity contribution in [3.8, 4) is 5.75 Å². The molecule has 0 saturated heterocycles. The van der Waals surface area contributed by atoms with Crippen LogP contribution in [0.15, 0.2) is 78.9 Å². The minimum Gasteiger partial charge on any atom is -0.489 e. The lowest BCUT2D eigenvalue weighted by Gasteiger charge is -2.13. The first kappa shape index (κ1) is 18.1. The van der Waals surface area contributed by atoms with Crippen molar-refractivity contribution in [2.45, 2.75) is 19.3 Å². The predicted molar refractivity (Wildman–Crippen MR) is 100 cm³/mol. The molecule has 0 radical (unpaired) electrons. The first-order valence-electron chi connectivity index (χ1n) is 8.61. The summed E-state index contributed by atoms with van der Waals surface area (Å²) in [4.78, 5) is 0. The van der Waals surface area contributed by atoms with Gasteiger partial charge in [0.2, 0.25) is 0 Å². The van der Waals surface area contributed by atoms with Crippen LogP contribution in [0.1, 0.15) is 22.8 Å². The molecule has 2 N–H and O–H groups in total. The van der Waals surface area contributed by atoms with Crippen molar-refractivity contribution in [1.29, 1.82) is 0 Å². The summed E-state index contributed by atoms with van der Waals surface area (Å²) in [6, 6.07) is 23.8. The fraction of sp³-hybridized carbons (Fsp3) is 0.182. The summed E-state index contributed by atoms with van der Waals surface area (Å²) in [6.45, 7) is 1.27. The smallest absolute Gasteiger partial charge is 0.129 e. The van der Waals surface area contributed by atoms with Crippen LogP contribution < -0.4 is 10.1 Å². The SMILES string of the molecule is OC(CNCc1cccc(OCc2ccccc2F)c1)c1ccccc1. The highest BCUT2D eigenvalue weighted by atomic mass is 19.1. The van der Waals surface area contributed by atoms with E-state index < -0.39 is 6.10 Å². The van der Waals surface area contributed by atoms with Crippen molar-refractivity contribution in [3.05, 3.63) is 101 Å². The topological polar surface area (TPSA) is 41.5 Å². The van der Waals surface area contributed by atoms with Crippen molar-refractivity contribution in [2.75, 3.05) is 6.54 Å². The lowest BCUT2D eigenvalue weighted by atomic mass is 10.1. The molecule has 0 spiro atoms.